The first-order chi connectivity index (χ1) is 8.99. The fourth-order valence-electron chi connectivity index (χ4n) is 1.76. The van der Waals surface area contributed by atoms with Crippen LogP contribution in [0.1, 0.15) is 11.1 Å². The third kappa shape index (κ3) is 3.04. The van der Waals surface area contributed by atoms with Gasteiger partial charge in [0.25, 0.3) is 0 Å². The van der Waals surface area contributed by atoms with E-state index in [-0.39, 0.29) is 12.2 Å². The molecular weight excluding hydrogens is 316 g/mol. The summed E-state index contributed by atoms with van der Waals surface area (Å²) in [4.78, 5) is 0. The van der Waals surface area contributed by atoms with E-state index >= 15 is 0 Å². The minimum atomic E-state index is -0.893. The van der Waals surface area contributed by atoms with Crippen molar-refractivity contribution in [3.8, 4) is 5.75 Å². The summed E-state index contributed by atoms with van der Waals surface area (Å²) in [7, 11) is 0. The van der Waals surface area contributed by atoms with Gasteiger partial charge in [-0.15, -0.1) is 0 Å². The van der Waals surface area contributed by atoms with E-state index in [1.54, 1.807) is 6.07 Å². The lowest BCUT2D eigenvalue weighted by Gasteiger charge is -2.13. The molecule has 0 aliphatic carbocycles. The van der Waals surface area contributed by atoms with E-state index in [0.29, 0.717) is 11.4 Å². The Hall–Kier alpha value is -1.62. The smallest absolute Gasteiger partial charge is 0.165 e. The van der Waals surface area contributed by atoms with Crippen LogP contribution in [0, 0.1) is 18.6 Å². The highest BCUT2D eigenvalue weighted by molar-refractivity contribution is 9.10. The zero-order valence-electron chi connectivity index (χ0n) is 10.2. The summed E-state index contributed by atoms with van der Waals surface area (Å²) < 4.78 is 32.9. The molecule has 2 rings (SSSR count). The van der Waals surface area contributed by atoms with Crippen molar-refractivity contribution < 1.29 is 13.5 Å². The van der Waals surface area contributed by atoms with E-state index in [9.17, 15) is 8.78 Å². The molecule has 0 radical (unpaired) electrons. The monoisotopic (exact) mass is 327 g/mol. The first-order valence-electron chi connectivity index (χ1n) is 5.60. The number of benzene rings is 2. The van der Waals surface area contributed by atoms with Crippen LogP contribution < -0.4 is 10.5 Å². The molecule has 0 saturated carbocycles. The summed E-state index contributed by atoms with van der Waals surface area (Å²) in [6.45, 7) is 1.76. The summed E-state index contributed by atoms with van der Waals surface area (Å²) in [6, 6.07) is 7.52. The van der Waals surface area contributed by atoms with Crippen molar-refractivity contribution in [1.82, 2.24) is 0 Å². The average Bonchev–Trinajstić information content (AvgIpc) is 2.33. The highest BCUT2D eigenvalue weighted by Crippen LogP contribution is 2.30. The van der Waals surface area contributed by atoms with Gasteiger partial charge in [-0.1, -0.05) is 28.1 Å². The number of nitrogens with two attached hydrogens (primary N) is 1. The number of rotatable bonds is 3. The second-order valence-corrected chi connectivity index (χ2v) is 5.06. The quantitative estimate of drug-likeness (QED) is 0.857. The second-order valence-electron chi connectivity index (χ2n) is 4.14. The van der Waals surface area contributed by atoms with Gasteiger partial charge >= 0.3 is 0 Å². The van der Waals surface area contributed by atoms with Crippen molar-refractivity contribution in [1.29, 1.82) is 0 Å². The topological polar surface area (TPSA) is 35.2 Å². The van der Waals surface area contributed by atoms with Gasteiger partial charge in [-0.05, 0) is 30.7 Å². The highest BCUT2D eigenvalue weighted by atomic mass is 79.9. The molecule has 0 fully saturated rings. The number of ether oxygens (including phenoxy) is 1. The van der Waals surface area contributed by atoms with Crippen molar-refractivity contribution in [2.45, 2.75) is 13.5 Å². The van der Waals surface area contributed by atoms with Crippen molar-refractivity contribution in [2.75, 3.05) is 5.73 Å². The molecule has 0 spiro atoms. The molecule has 0 aromatic heterocycles. The van der Waals surface area contributed by atoms with E-state index in [0.717, 1.165) is 16.1 Å². The maximum atomic E-state index is 13.5. The summed E-state index contributed by atoms with van der Waals surface area (Å²) in [5.41, 5.74) is 7.26. The predicted molar refractivity (Wildman–Crippen MR) is 74.0 cm³/mol. The first-order valence-corrected chi connectivity index (χ1v) is 6.39. The second kappa shape index (κ2) is 5.57. The zero-order chi connectivity index (χ0) is 14.0. The van der Waals surface area contributed by atoms with Gasteiger partial charge < -0.3 is 10.5 Å². The summed E-state index contributed by atoms with van der Waals surface area (Å²) in [5, 5.41) is 0. The van der Waals surface area contributed by atoms with E-state index in [1.165, 1.54) is 12.1 Å². The number of aryl methyl sites for hydroxylation is 1. The van der Waals surface area contributed by atoms with Crippen LogP contribution in [0.3, 0.4) is 0 Å². The van der Waals surface area contributed by atoms with Crippen LogP contribution in [0.5, 0.6) is 5.75 Å². The van der Waals surface area contributed by atoms with Gasteiger partial charge in [0.05, 0.1) is 5.69 Å². The number of hydrogen-bond donors (Lipinski definition) is 1. The van der Waals surface area contributed by atoms with Crippen LogP contribution in [0.2, 0.25) is 0 Å². The van der Waals surface area contributed by atoms with E-state index in [4.69, 9.17) is 10.5 Å². The maximum Gasteiger partial charge on any atom is 0.165 e. The van der Waals surface area contributed by atoms with Crippen molar-refractivity contribution in [3.63, 3.8) is 0 Å². The fourth-order valence-corrected chi connectivity index (χ4v) is 2.35. The Balaban J connectivity index is 2.22. The van der Waals surface area contributed by atoms with Gasteiger partial charge in [0.15, 0.2) is 11.6 Å². The number of nitrogen functional groups attached to an aromatic ring is 1. The molecule has 2 nitrogen and oxygen atoms in total. The van der Waals surface area contributed by atoms with Crippen LogP contribution in [0.4, 0.5) is 14.5 Å². The lowest BCUT2D eigenvalue weighted by atomic mass is 10.2. The van der Waals surface area contributed by atoms with Crippen molar-refractivity contribution in [2.24, 2.45) is 0 Å². The Kier molecular flexibility index (Phi) is 4.04. The molecule has 0 amide bonds. The van der Waals surface area contributed by atoms with Gasteiger partial charge in [-0.2, -0.15) is 0 Å². The van der Waals surface area contributed by atoms with Crippen LogP contribution in [-0.2, 0) is 6.61 Å². The predicted octanol–water partition coefficient (Wildman–Crippen LogP) is 4.20. The van der Waals surface area contributed by atoms with Gasteiger partial charge in [0.2, 0.25) is 0 Å². The third-order valence-corrected chi connectivity index (χ3v) is 3.13. The molecule has 0 aliphatic rings. The number of hydrogen-bond acceptors (Lipinski definition) is 2. The number of halogens is 3. The lowest BCUT2D eigenvalue weighted by Crippen LogP contribution is -2.03. The van der Waals surface area contributed by atoms with E-state index in [2.05, 4.69) is 15.9 Å². The lowest BCUT2D eigenvalue weighted by molar-refractivity contribution is 0.297. The SMILES string of the molecule is Cc1cc(Br)cc(N)c1OCc1cccc(F)c1F. The Bertz CT molecular complexity index is 593. The Morgan fingerprint density at radius 2 is 2.00 bits per heavy atom. The highest BCUT2D eigenvalue weighted by Gasteiger charge is 2.11. The first kappa shape index (κ1) is 13.8. The van der Waals surface area contributed by atoms with E-state index in [1.807, 2.05) is 13.0 Å². The maximum absolute atomic E-state index is 13.5. The molecule has 0 unspecified atom stereocenters. The number of anilines is 1. The average molecular weight is 328 g/mol. The molecule has 2 N–H and O–H groups in total. The summed E-state index contributed by atoms with van der Waals surface area (Å²) in [5.74, 6) is -1.30. The Labute approximate surface area is 118 Å². The minimum Gasteiger partial charge on any atom is -0.486 e. The molecule has 2 aromatic rings. The largest absolute Gasteiger partial charge is 0.486 e. The van der Waals surface area contributed by atoms with Crippen molar-refractivity contribution >= 4 is 21.6 Å². The molecule has 0 saturated heterocycles. The Morgan fingerprint density at radius 1 is 1.26 bits per heavy atom. The van der Waals surface area contributed by atoms with E-state index < -0.39 is 11.6 Å². The normalized spacial score (nSPS) is 10.5. The van der Waals surface area contributed by atoms with Crippen LogP contribution >= 0.6 is 15.9 Å². The molecule has 5 heteroatoms. The van der Waals surface area contributed by atoms with Gasteiger partial charge in [0, 0.05) is 10.0 Å². The standard InChI is InChI=1S/C14H12BrF2NO/c1-8-5-10(15)6-12(18)14(8)19-7-9-3-2-4-11(16)13(9)17/h2-6H,7,18H2,1H3. The fraction of sp³-hybridized carbons (Fsp3) is 0.143. The molecule has 0 heterocycles. The third-order valence-electron chi connectivity index (χ3n) is 2.67. The summed E-state index contributed by atoms with van der Waals surface area (Å²) in [6.07, 6.45) is 0. The molecule has 0 aliphatic heterocycles. The molecule has 19 heavy (non-hydrogen) atoms. The Morgan fingerprint density at radius 3 is 2.68 bits per heavy atom. The van der Waals surface area contributed by atoms with Crippen LogP contribution in [0.25, 0.3) is 0 Å². The van der Waals surface area contributed by atoms with Gasteiger partial charge in [0.1, 0.15) is 12.4 Å². The zero-order valence-corrected chi connectivity index (χ0v) is 11.8. The van der Waals surface area contributed by atoms with Crippen LogP contribution in [-0.4, -0.2) is 0 Å². The van der Waals surface area contributed by atoms with Crippen molar-refractivity contribution in [3.05, 3.63) is 57.6 Å². The molecular formula is C14H12BrF2NO. The molecule has 100 valence electrons. The van der Waals surface area contributed by atoms with Gasteiger partial charge in [-0.25, -0.2) is 8.78 Å². The molecule has 0 bridgehead atoms. The summed E-state index contributed by atoms with van der Waals surface area (Å²) >= 11 is 3.32. The molecule has 0 atom stereocenters. The van der Waals surface area contributed by atoms with Gasteiger partial charge in [-0.3, -0.25) is 0 Å². The molecule has 2 aromatic carbocycles. The minimum absolute atomic E-state index is 0.0731. The van der Waals surface area contributed by atoms with Crippen LogP contribution in [0.15, 0.2) is 34.8 Å².